The highest BCUT2D eigenvalue weighted by Gasteiger charge is 2.27. The fourth-order valence-electron chi connectivity index (χ4n) is 6.70. The summed E-state index contributed by atoms with van der Waals surface area (Å²) in [6, 6.07) is 0. The van der Waals surface area contributed by atoms with Crippen LogP contribution >= 0.6 is 7.82 Å². The Morgan fingerprint density at radius 2 is 0.782 bits per heavy atom. The lowest BCUT2D eigenvalue weighted by Crippen LogP contribution is -2.29. The van der Waals surface area contributed by atoms with Crippen LogP contribution in [-0.2, 0) is 32.7 Å². The van der Waals surface area contributed by atoms with Gasteiger partial charge < -0.3 is 24.6 Å². The number of esters is 2. The molecule has 0 saturated heterocycles. The number of phosphoric ester groups is 1. The molecule has 0 aromatic heterocycles. The molecule has 0 fully saturated rings. The molecule has 55 heavy (non-hydrogen) atoms. The Balaban J connectivity index is 4.19. The van der Waals surface area contributed by atoms with E-state index in [1.54, 1.807) is 0 Å². The highest BCUT2D eigenvalue weighted by atomic mass is 31.2. The molecule has 0 aliphatic rings. The minimum atomic E-state index is -4.61. The zero-order chi connectivity index (χ0) is 40.5. The Hall–Kier alpha value is -1.03. The molecular weight excluding hydrogens is 719 g/mol. The fourth-order valence-corrected chi connectivity index (χ4v) is 7.49. The Bertz CT molecular complexity index is 889. The molecule has 0 bridgehead atoms. The molecule has 3 atom stereocenters. The molecule has 0 aromatic rings. The molecule has 3 N–H and O–H groups in total. The van der Waals surface area contributed by atoms with E-state index in [0.717, 1.165) is 32.1 Å². The standard InChI is InChI=1S/C44H87O10P/c1-3-5-7-9-11-13-15-17-19-20-21-22-24-25-27-29-31-33-35-43(47)51-39-42(40-53-55(49,50)52-38-41(46)37-45)54-44(48)36-34-32-30-28-26-23-18-16-14-12-10-8-6-4-2/h41-42,45-46H,3-40H2,1-2H3,(H,49,50)/t41-,42+/m0/s1. The van der Waals surface area contributed by atoms with Crippen molar-refractivity contribution in [3.05, 3.63) is 0 Å². The molecule has 0 saturated carbocycles. The van der Waals surface area contributed by atoms with Crippen LogP contribution in [0, 0.1) is 0 Å². The number of aliphatic hydroxyl groups excluding tert-OH is 2. The number of carbonyl (C=O) groups excluding carboxylic acids is 2. The third-order valence-electron chi connectivity index (χ3n) is 10.3. The van der Waals surface area contributed by atoms with E-state index in [9.17, 15) is 24.2 Å². The van der Waals surface area contributed by atoms with E-state index in [-0.39, 0.29) is 19.4 Å². The number of aliphatic hydroxyl groups is 2. The summed E-state index contributed by atoms with van der Waals surface area (Å²) in [7, 11) is -4.61. The van der Waals surface area contributed by atoms with Crippen LogP contribution in [0.4, 0.5) is 0 Å². The van der Waals surface area contributed by atoms with Crippen molar-refractivity contribution in [3.8, 4) is 0 Å². The highest BCUT2D eigenvalue weighted by molar-refractivity contribution is 7.47. The van der Waals surface area contributed by atoms with Crippen LogP contribution in [0.5, 0.6) is 0 Å². The van der Waals surface area contributed by atoms with Gasteiger partial charge in [-0.2, -0.15) is 0 Å². The number of carbonyl (C=O) groups is 2. The lowest BCUT2D eigenvalue weighted by Gasteiger charge is -2.20. The molecule has 0 heterocycles. The Morgan fingerprint density at radius 1 is 0.473 bits per heavy atom. The first kappa shape index (κ1) is 54.0. The van der Waals surface area contributed by atoms with E-state index >= 15 is 0 Å². The Labute approximate surface area is 337 Å². The lowest BCUT2D eigenvalue weighted by molar-refractivity contribution is -0.161. The summed E-state index contributed by atoms with van der Waals surface area (Å²) in [6.07, 6.45) is 37.8. The normalized spacial score (nSPS) is 13.8. The minimum Gasteiger partial charge on any atom is -0.462 e. The van der Waals surface area contributed by atoms with E-state index in [2.05, 4.69) is 13.8 Å². The van der Waals surface area contributed by atoms with Crippen molar-refractivity contribution in [2.45, 2.75) is 244 Å². The van der Waals surface area contributed by atoms with Gasteiger partial charge in [-0.3, -0.25) is 18.6 Å². The van der Waals surface area contributed by atoms with Crippen molar-refractivity contribution in [2.75, 3.05) is 26.4 Å². The zero-order valence-electron chi connectivity index (χ0n) is 35.7. The van der Waals surface area contributed by atoms with Crippen molar-refractivity contribution >= 4 is 19.8 Å². The first-order chi connectivity index (χ1) is 26.7. The van der Waals surface area contributed by atoms with Crippen LogP contribution in [0.15, 0.2) is 0 Å². The number of phosphoric acid groups is 1. The first-order valence-corrected chi connectivity index (χ1v) is 24.5. The number of unbranched alkanes of at least 4 members (excludes halogenated alkanes) is 30. The summed E-state index contributed by atoms with van der Waals surface area (Å²) in [5.41, 5.74) is 0. The molecule has 0 radical (unpaired) electrons. The molecule has 0 spiro atoms. The summed E-state index contributed by atoms with van der Waals surface area (Å²) in [5, 5.41) is 18.3. The monoisotopic (exact) mass is 807 g/mol. The molecule has 10 nitrogen and oxygen atoms in total. The maximum absolute atomic E-state index is 12.6. The van der Waals surface area contributed by atoms with E-state index in [0.29, 0.717) is 12.8 Å². The molecule has 0 aliphatic carbocycles. The van der Waals surface area contributed by atoms with E-state index in [1.165, 1.54) is 161 Å². The third kappa shape index (κ3) is 40.9. The minimum absolute atomic E-state index is 0.192. The summed E-state index contributed by atoms with van der Waals surface area (Å²) < 4.78 is 32.8. The van der Waals surface area contributed by atoms with Crippen molar-refractivity contribution < 1.29 is 47.8 Å². The third-order valence-corrected chi connectivity index (χ3v) is 11.2. The molecular formula is C44H87O10P. The second-order valence-electron chi connectivity index (χ2n) is 15.8. The van der Waals surface area contributed by atoms with Crippen molar-refractivity contribution in [2.24, 2.45) is 0 Å². The topological polar surface area (TPSA) is 149 Å². The SMILES string of the molecule is CCCCCCCCCCCCCCCCCCCCC(=O)OC[C@H](COP(=O)(O)OC[C@@H](O)CO)OC(=O)CCCCCCCCCCCCCCCC. The maximum Gasteiger partial charge on any atom is 0.472 e. The predicted octanol–water partition coefficient (Wildman–Crippen LogP) is 12.2. The van der Waals surface area contributed by atoms with Crippen LogP contribution in [-0.4, -0.2) is 65.7 Å². The highest BCUT2D eigenvalue weighted by Crippen LogP contribution is 2.43. The Kier molecular flexibility index (Phi) is 40.4. The molecule has 0 rings (SSSR count). The molecule has 1 unspecified atom stereocenters. The first-order valence-electron chi connectivity index (χ1n) is 23.0. The average Bonchev–Trinajstić information content (AvgIpc) is 3.17. The summed E-state index contributed by atoms with van der Waals surface area (Å²) in [4.78, 5) is 35.0. The van der Waals surface area contributed by atoms with Gasteiger partial charge in [-0.15, -0.1) is 0 Å². The molecule has 0 aliphatic heterocycles. The van der Waals surface area contributed by atoms with Crippen LogP contribution < -0.4 is 0 Å². The second kappa shape index (κ2) is 41.1. The van der Waals surface area contributed by atoms with Crippen LogP contribution in [0.2, 0.25) is 0 Å². The van der Waals surface area contributed by atoms with E-state index in [1.807, 2.05) is 0 Å². The summed E-state index contributed by atoms with van der Waals surface area (Å²) in [5.74, 6) is -0.907. The summed E-state index contributed by atoms with van der Waals surface area (Å²) >= 11 is 0. The van der Waals surface area contributed by atoms with Crippen molar-refractivity contribution in [1.82, 2.24) is 0 Å². The number of ether oxygens (including phenoxy) is 2. The van der Waals surface area contributed by atoms with Gasteiger partial charge in [0.25, 0.3) is 0 Å². The van der Waals surface area contributed by atoms with Gasteiger partial charge in [-0.1, -0.05) is 206 Å². The van der Waals surface area contributed by atoms with Gasteiger partial charge in [0.15, 0.2) is 6.10 Å². The van der Waals surface area contributed by atoms with Crippen LogP contribution in [0.3, 0.4) is 0 Å². The van der Waals surface area contributed by atoms with Gasteiger partial charge in [0, 0.05) is 12.8 Å². The Morgan fingerprint density at radius 3 is 1.13 bits per heavy atom. The maximum atomic E-state index is 12.6. The lowest BCUT2D eigenvalue weighted by atomic mass is 10.0. The summed E-state index contributed by atoms with van der Waals surface area (Å²) in [6.45, 7) is 2.43. The smallest absolute Gasteiger partial charge is 0.462 e. The largest absolute Gasteiger partial charge is 0.472 e. The quantitative estimate of drug-likeness (QED) is 0.0308. The van der Waals surface area contributed by atoms with Crippen LogP contribution in [0.25, 0.3) is 0 Å². The fraction of sp³-hybridized carbons (Fsp3) is 0.955. The van der Waals surface area contributed by atoms with Crippen LogP contribution in [0.1, 0.15) is 232 Å². The molecule has 0 amide bonds. The molecule has 328 valence electrons. The number of rotatable bonds is 44. The van der Waals surface area contributed by atoms with Gasteiger partial charge in [-0.25, -0.2) is 4.57 Å². The average molecular weight is 807 g/mol. The van der Waals surface area contributed by atoms with Gasteiger partial charge in [-0.05, 0) is 12.8 Å². The molecule has 0 aromatic carbocycles. The number of hydrogen-bond donors (Lipinski definition) is 3. The van der Waals surface area contributed by atoms with E-state index < -0.39 is 51.8 Å². The second-order valence-corrected chi connectivity index (χ2v) is 17.3. The van der Waals surface area contributed by atoms with Gasteiger partial charge in [0.1, 0.15) is 12.7 Å². The van der Waals surface area contributed by atoms with Crippen molar-refractivity contribution in [3.63, 3.8) is 0 Å². The van der Waals surface area contributed by atoms with Gasteiger partial charge in [0.2, 0.25) is 0 Å². The number of hydrogen-bond acceptors (Lipinski definition) is 9. The van der Waals surface area contributed by atoms with Gasteiger partial charge in [0.05, 0.1) is 19.8 Å². The molecule has 11 heteroatoms. The van der Waals surface area contributed by atoms with Crippen molar-refractivity contribution in [1.29, 1.82) is 0 Å². The van der Waals surface area contributed by atoms with E-state index in [4.69, 9.17) is 23.6 Å². The predicted molar refractivity (Wildman–Crippen MR) is 224 cm³/mol. The zero-order valence-corrected chi connectivity index (χ0v) is 36.6. The van der Waals surface area contributed by atoms with Gasteiger partial charge >= 0.3 is 19.8 Å².